The molecule has 1 N–H and O–H groups in total. The smallest absolute Gasteiger partial charge is 0.160 e. The van der Waals surface area contributed by atoms with Gasteiger partial charge in [-0.1, -0.05) is 25.4 Å². The molecule has 0 radical (unpaired) electrons. The lowest BCUT2D eigenvalue weighted by Gasteiger charge is -2.06. The molecule has 4 aromatic heterocycles. The van der Waals surface area contributed by atoms with E-state index in [2.05, 4.69) is 35.0 Å². The molecule has 4 rings (SSSR count). The van der Waals surface area contributed by atoms with Crippen molar-refractivity contribution in [3.8, 4) is 11.3 Å². The first-order chi connectivity index (χ1) is 10.6. The monoisotopic (exact) mass is 311 g/mol. The van der Waals surface area contributed by atoms with E-state index in [-0.39, 0.29) is 0 Å². The number of pyridine rings is 1. The first kappa shape index (κ1) is 13.3. The Kier molecular flexibility index (Phi) is 2.90. The summed E-state index contributed by atoms with van der Waals surface area (Å²) in [5, 5.41) is 5.91. The minimum absolute atomic E-state index is 0.335. The van der Waals surface area contributed by atoms with Crippen LogP contribution in [-0.2, 0) is 0 Å². The Morgan fingerprint density at radius 3 is 2.91 bits per heavy atom. The highest BCUT2D eigenvalue weighted by atomic mass is 35.5. The molecule has 0 aliphatic carbocycles. The number of rotatable bonds is 2. The number of hydrogen-bond acceptors (Lipinski definition) is 3. The van der Waals surface area contributed by atoms with Crippen molar-refractivity contribution in [2.24, 2.45) is 0 Å². The molecule has 4 heterocycles. The van der Waals surface area contributed by atoms with Gasteiger partial charge in [0.05, 0.1) is 11.9 Å². The number of aromatic nitrogens is 5. The van der Waals surface area contributed by atoms with Gasteiger partial charge in [-0.15, -0.1) is 0 Å². The quantitative estimate of drug-likeness (QED) is 0.568. The van der Waals surface area contributed by atoms with Crippen molar-refractivity contribution in [2.75, 3.05) is 0 Å². The lowest BCUT2D eigenvalue weighted by atomic mass is 10.1. The van der Waals surface area contributed by atoms with Crippen molar-refractivity contribution in [1.82, 2.24) is 24.6 Å². The number of aromatic amines is 1. The topological polar surface area (TPSA) is 58.9 Å². The Bertz CT molecular complexity index is 983. The van der Waals surface area contributed by atoms with Gasteiger partial charge in [0.1, 0.15) is 10.8 Å². The normalized spacial score (nSPS) is 11.8. The fourth-order valence-electron chi connectivity index (χ4n) is 2.58. The summed E-state index contributed by atoms with van der Waals surface area (Å²) in [6.45, 7) is 4.24. The van der Waals surface area contributed by atoms with Gasteiger partial charge in [0.25, 0.3) is 0 Å². The van der Waals surface area contributed by atoms with Crippen molar-refractivity contribution in [2.45, 2.75) is 19.8 Å². The molecule has 4 aromatic rings. The van der Waals surface area contributed by atoms with Gasteiger partial charge in [0.2, 0.25) is 0 Å². The zero-order chi connectivity index (χ0) is 15.3. The van der Waals surface area contributed by atoms with Crippen LogP contribution in [0.25, 0.3) is 27.9 Å². The maximum absolute atomic E-state index is 6.36. The van der Waals surface area contributed by atoms with E-state index in [9.17, 15) is 0 Å². The summed E-state index contributed by atoms with van der Waals surface area (Å²) >= 11 is 6.36. The maximum atomic E-state index is 6.36. The van der Waals surface area contributed by atoms with Crippen LogP contribution in [-0.4, -0.2) is 24.6 Å². The SMILES string of the molecule is CC(C)c1cnn2c(Cl)cc(-c3cnc4[nH]ccc4c3)nc12. The molecule has 0 unspecified atom stereocenters. The van der Waals surface area contributed by atoms with Gasteiger partial charge in [0, 0.05) is 35.0 Å². The molecular formula is C16H14ClN5. The molecule has 0 bridgehead atoms. The standard InChI is InChI=1S/C16H14ClN5/c1-9(2)12-8-20-22-14(17)6-13(21-16(12)22)11-5-10-3-4-18-15(10)19-7-11/h3-9H,1-2H3,(H,18,19). The predicted molar refractivity (Wildman–Crippen MR) is 87.2 cm³/mol. The summed E-state index contributed by atoms with van der Waals surface area (Å²) in [7, 11) is 0. The highest BCUT2D eigenvalue weighted by Crippen LogP contribution is 2.27. The molecule has 0 amide bonds. The van der Waals surface area contributed by atoms with Crippen LogP contribution in [0.4, 0.5) is 0 Å². The summed E-state index contributed by atoms with van der Waals surface area (Å²) in [4.78, 5) is 12.2. The number of hydrogen-bond donors (Lipinski definition) is 1. The number of nitrogens with zero attached hydrogens (tertiary/aromatic N) is 4. The molecule has 0 saturated heterocycles. The fraction of sp³-hybridized carbons (Fsp3) is 0.188. The second kappa shape index (κ2) is 4.81. The molecule has 0 aliphatic rings. The van der Waals surface area contributed by atoms with Crippen LogP contribution in [0.15, 0.2) is 36.8 Å². The molecule has 0 saturated carbocycles. The zero-order valence-electron chi connectivity index (χ0n) is 12.2. The van der Waals surface area contributed by atoms with Crippen molar-refractivity contribution < 1.29 is 0 Å². The summed E-state index contributed by atoms with van der Waals surface area (Å²) < 4.78 is 1.67. The average molecular weight is 312 g/mol. The fourth-order valence-corrected chi connectivity index (χ4v) is 2.81. The van der Waals surface area contributed by atoms with Crippen molar-refractivity contribution >= 4 is 28.3 Å². The first-order valence-electron chi connectivity index (χ1n) is 7.11. The Balaban J connectivity index is 1.95. The highest BCUT2D eigenvalue weighted by molar-refractivity contribution is 6.30. The second-order valence-electron chi connectivity index (χ2n) is 5.59. The third-order valence-corrected chi connectivity index (χ3v) is 4.04. The van der Waals surface area contributed by atoms with Gasteiger partial charge in [-0.25, -0.2) is 14.5 Å². The Morgan fingerprint density at radius 1 is 1.23 bits per heavy atom. The van der Waals surface area contributed by atoms with Crippen LogP contribution < -0.4 is 0 Å². The van der Waals surface area contributed by atoms with E-state index in [1.165, 1.54) is 0 Å². The molecule has 0 fully saturated rings. The highest BCUT2D eigenvalue weighted by Gasteiger charge is 2.14. The van der Waals surface area contributed by atoms with Crippen LogP contribution in [0, 0.1) is 0 Å². The molecule has 5 nitrogen and oxygen atoms in total. The first-order valence-corrected chi connectivity index (χ1v) is 7.49. The van der Waals surface area contributed by atoms with E-state index in [1.54, 1.807) is 10.7 Å². The Morgan fingerprint density at radius 2 is 2.09 bits per heavy atom. The van der Waals surface area contributed by atoms with E-state index < -0.39 is 0 Å². The summed E-state index contributed by atoms with van der Waals surface area (Å²) in [5.74, 6) is 0.335. The van der Waals surface area contributed by atoms with Crippen LogP contribution in [0.2, 0.25) is 5.15 Å². The van der Waals surface area contributed by atoms with Crippen molar-refractivity contribution in [3.63, 3.8) is 0 Å². The summed E-state index contributed by atoms with van der Waals surface area (Å²) in [5.41, 5.74) is 4.48. The number of halogens is 1. The molecule has 0 aromatic carbocycles. The third kappa shape index (κ3) is 1.97. The second-order valence-corrected chi connectivity index (χ2v) is 5.98. The van der Waals surface area contributed by atoms with Gasteiger partial charge >= 0.3 is 0 Å². The van der Waals surface area contributed by atoms with Crippen molar-refractivity contribution in [3.05, 3.63) is 47.5 Å². The largest absolute Gasteiger partial charge is 0.346 e. The van der Waals surface area contributed by atoms with Gasteiger partial charge in [0.15, 0.2) is 5.65 Å². The molecule has 22 heavy (non-hydrogen) atoms. The molecule has 0 aliphatic heterocycles. The minimum Gasteiger partial charge on any atom is -0.346 e. The molecule has 6 heteroatoms. The zero-order valence-corrected chi connectivity index (χ0v) is 13.0. The van der Waals surface area contributed by atoms with Crippen LogP contribution in [0.3, 0.4) is 0 Å². The van der Waals surface area contributed by atoms with Crippen molar-refractivity contribution in [1.29, 1.82) is 0 Å². The lowest BCUT2D eigenvalue weighted by Crippen LogP contribution is -1.97. The number of fused-ring (bicyclic) bond motifs is 2. The van der Waals surface area contributed by atoms with E-state index >= 15 is 0 Å². The van der Waals surface area contributed by atoms with Crippen LogP contribution in [0.5, 0.6) is 0 Å². The maximum Gasteiger partial charge on any atom is 0.160 e. The summed E-state index contributed by atoms with van der Waals surface area (Å²) in [6, 6.07) is 5.87. The van der Waals surface area contributed by atoms with E-state index in [1.807, 2.05) is 24.5 Å². The van der Waals surface area contributed by atoms with E-state index in [4.69, 9.17) is 16.6 Å². The Hall–Kier alpha value is -2.40. The lowest BCUT2D eigenvalue weighted by molar-refractivity contribution is 0.872. The van der Waals surface area contributed by atoms with Crippen LogP contribution >= 0.6 is 11.6 Å². The van der Waals surface area contributed by atoms with Gasteiger partial charge < -0.3 is 4.98 Å². The van der Waals surface area contributed by atoms with E-state index in [0.29, 0.717) is 11.1 Å². The predicted octanol–water partition coefficient (Wildman–Crippen LogP) is 4.05. The van der Waals surface area contributed by atoms with Crippen LogP contribution in [0.1, 0.15) is 25.3 Å². The average Bonchev–Trinajstić information content (AvgIpc) is 3.12. The van der Waals surface area contributed by atoms with Gasteiger partial charge in [-0.3, -0.25) is 0 Å². The molecule has 0 spiro atoms. The summed E-state index contributed by atoms with van der Waals surface area (Å²) in [6.07, 6.45) is 5.51. The minimum atomic E-state index is 0.335. The molecular weight excluding hydrogens is 298 g/mol. The van der Waals surface area contributed by atoms with E-state index in [0.717, 1.165) is 33.5 Å². The number of nitrogens with one attached hydrogen (secondary N) is 1. The third-order valence-electron chi connectivity index (χ3n) is 3.77. The van der Waals surface area contributed by atoms with Gasteiger partial charge in [-0.05, 0) is 18.1 Å². The van der Waals surface area contributed by atoms with Gasteiger partial charge in [-0.2, -0.15) is 5.10 Å². The Labute approximate surface area is 132 Å². The molecule has 110 valence electrons. The number of H-pyrrole nitrogens is 1. The molecule has 0 atom stereocenters.